The predicted octanol–water partition coefficient (Wildman–Crippen LogP) is 7.60. The van der Waals surface area contributed by atoms with Crippen molar-refractivity contribution in [3.05, 3.63) is 137 Å². The minimum Gasteiger partial charge on any atom is -0.508 e. The molecular weight excluding hydrogens is 735 g/mol. The Kier molecular flexibility index (Phi) is 11.2. The molecule has 0 amide bonds. The second kappa shape index (κ2) is 16.6. The van der Waals surface area contributed by atoms with Crippen LogP contribution >= 0.6 is 0 Å². The molecule has 302 valence electrons. The number of carbonyl (C=O) groups is 1. The van der Waals surface area contributed by atoms with Crippen molar-refractivity contribution < 1.29 is 44.9 Å². The number of phenols is 5. The van der Waals surface area contributed by atoms with Crippen LogP contribution in [0.1, 0.15) is 70.9 Å². The number of hydrogen-bond donors (Lipinski definition) is 7. The van der Waals surface area contributed by atoms with Crippen molar-refractivity contribution in [1.29, 1.82) is 0 Å². The number of aryl methyl sites for hydroxylation is 1. The lowest BCUT2D eigenvalue weighted by Gasteiger charge is -2.48. The predicted molar refractivity (Wildman–Crippen MR) is 218 cm³/mol. The molecule has 8 N–H and O–H groups in total. The molecule has 58 heavy (non-hydrogen) atoms. The van der Waals surface area contributed by atoms with E-state index < -0.39 is 12.0 Å². The first-order valence-corrected chi connectivity index (χ1v) is 20.2. The van der Waals surface area contributed by atoms with E-state index >= 15 is 0 Å². The summed E-state index contributed by atoms with van der Waals surface area (Å²) in [6.07, 6.45) is 2.89. The Balaban J connectivity index is 1.20. The molecule has 2 fully saturated rings. The second-order valence-electron chi connectivity index (χ2n) is 16.5. The standard InChI is InChI=1S/C48H51NO9/c49-26-58-42-20-29(12-16-40(42)53)11-15-39(52)37-22-31(17-28-9-13-34(50)14-10-28)36-23-33-21-32(18-27-5-2-1-3-6-27)43(45(36)46(37)55)38-24-41(54)47(56)48(44(33)38)57-25-30-7-4-8-35(51)19-30/h1-10,12-14,16,19-20,24,31-33,36-37,43,45-46,50-51,53-56H,11,15,17-18,21-23,25-26,49H2/t31-,32+,33+,36+,37+,43+,45+,46-/m0/s1. The molecule has 8 atom stereocenters. The summed E-state index contributed by atoms with van der Waals surface area (Å²) in [6.45, 7) is -0.0483. The number of aromatic hydroxyl groups is 5. The molecule has 0 unspecified atom stereocenters. The van der Waals surface area contributed by atoms with Crippen molar-refractivity contribution in [2.45, 2.75) is 69.5 Å². The van der Waals surface area contributed by atoms with Gasteiger partial charge in [-0.1, -0.05) is 60.7 Å². The minimum atomic E-state index is -0.981. The summed E-state index contributed by atoms with van der Waals surface area (Å²) >= 11 is 0. The number of rotatable bonds is 13. The number of phenolic OH excluding ortho intramolecular Hbond substituents is 5. The molecule has 0 aliphatic heterocycles. The average Bonchev–Trinajstić information content (AvgIpc) is 3.46. The average molecular weight is 786 g/mol. The van der Waals surface area contributed by atoms with Gasteiger partial charge in [-0.3, -0.25) is 10.5 Å². The van der Waals surface area contributed by atoms with Gasteiger partial charge in [-0.15, -0.1) is 0 Å². The SMILES string of the molecule is NCOc1cc(CCC(=O)[C@H]2C[C@H](Cc3ccc(O)cc3)[C@H]3C[C@H]4C[C@@H](Cc5ccccc5)[C@H](c5cc(O)c(O)c(OCc6cccc(O)c6)c54)[C@@H]3[C@H]2O)ccc1O. The van der Waals surface area contributed by atoms with Crippen molar-refractivity contribution in [3.8, 4) is 40.2 Å². The van der Waals surface area contributed by atoms with Crippen molar-refractivity contribution in [2.75, 3.05) is 6.73 Å². The number of aliphatic hydroxyl groups is 1. The maximum atomic E-state index is 14.5. The quantitative estimate of drug-likeness (QED) is 0.0464. The Bertz CT molecular complexity index is 2240. The van der Waals surface area contributed by atoms with Gasteiger partial charge in [-0.2, -0.15) is 0 Å². The first-order chi connectivity index (χ1) is 28.1. The summed E-state index contributed by atoms with van der Waals surface area (Å²) in [7, 11) is 0. The van der Waals surface area contributed by atoms with E-state index in [4.69, 9.17) is 15.2 Å². The molecule has 0 spiro atoms. The monoisotopic (exact) mass is 785 g/mol. The third-order valence-electron chi connectivity index (χ3n) is 13.0. The van der Waals surface area contributed by atoms with Crippen LogP contribution in [0.2, 0.25) is 0 Å². The molecule has 0 radical (unpaired) electrons. The van der Waals surface area contributed by atoms with Gasteiger partial charge in [-0.25, -0.2) is 0 Å². The van der Waals surface area contributed by atoms with Crippen molar-refractivity contribution in [3.63, 3.8) is 0 Å². The normalized spacial score (nSPS) is 24.7. The number of fused-ring (bicyclic) bond motifs is 1. The number of nitrogens with two attached hydrogens (primary N) is 1. The molecule has 4 aliphatic carbocycles. The fourth-order valence-electron chi connectivity index (χ4n) is 10.6. The number of Topliss-reactive ketones (excluding diaryl/α,β-unsaturated/α-hetero) is 1. The van der Waals surface area contributed by atoms with Crippen LogP contribution in [0.3, 0.4) is 0 Å². The number of aliphatic hydroxyl groups excluding tert-OH is 1. The van der Waals surface area contributed by atoms with E-state index in [-0.39, 0.29) is 101 Å². The Morgan fingerprint density at radius 3 is 2.17 bits per heavy atom. The first-order valence-electron chi connectivity index (χ1n) is 20.2. The van der Waals surface area contributed by atoms with Crippen LogP contribution < -0.4 is 15.2 Å². The maximum absolute atomic E-state index is 14.5. The highest BCUT2D eigenvalue weighted by molar-refractivity contribution is 5.82. The summed E-state index contributed by atoms with van der Waals surface area (Å²) in [5, 5.41) is 66.0. The third-order valence-corrected chi connectivity index (χ3v) is 13.0. The first kappa shape index (κ1) is 39.1. The zero-order chi connectivity index (χ0) is 40.5. The second-order valence-corrected chi connectivity index (χ2v) is 16.5. The van der Waals surface area contributed by atoms with Crippen LogP contribution in [-0.2, 0) is 30.7 Å². The van der Waals surface area contributed by atoms with E-state index in [9.17, 15) is 35.4 Å². The summed E-state index contributed by atoms with van der Waals surface area (Å²) < 4.78 is 11.8. The van der Waals surface area contributed by atoms with Gasteiger partial charge in [0.2, 0.25) is 5.75 Å². The Morgan fingerprint density at radius 2 is 1.41 bits per heavy atom. The fourth-order valence-corrected chi connectivity index (χ4v) is 10.6. The minimum absolute atomic E-state index is 0.00114. The molecule has 0 heterocycles. The molecule has 2 bridgehead atoms. The Hall–Kier alpha value is -5.71. The summed E-state index contributed by atoms with van der Waals surface area (Å²) in [4.78, 5) is 14.5. The zero-order valence-electron chi connectivity index (χ0n) is 32.3. The lowest BCUT2D eigenvalue weighted by Crippen LogP contribution is -2.49. The lowest BCUT2D eigenvalue weighted by molar-refractivity contribution is -0.135. The molecule has 2 saturated carbocycles. The number of carbonyl (C=O) groups excluding carboxylic acids is 1. The number of hydrogen-bond acceptors (Lipinski definition) is 10. The van der Waals surface area contributed by atoms with Crippen molar-refractivity contribution in [2.24, 2.45) is 35.3 Å². The molecule has 5 aromatic carbocycles. The molecular formula is C48H51NO9. The largest absolute Gasteiger partial charge is 0.508 e. The van der Waals surface area contributed by atoms with E-state index in [2.05, 4.69) is 12.1 Å². The zero-order valence-corrected chi connectivity index (χ0v) is 32.3. The fraction of sp³-hybridized carbons (Fsp3) is 0.354. The van der Waals surface area contributed by atoms with Gasteiger partial charge < -0.3 is 40.1 Å². The Labute approximate surface area is 338 Å². The molecule has 0 aromatic heterocycles. The lowest BCUT2D eigenvalue weighted by atomic mass is 9.57. The molecule has 10 nitrogen and oxygen atoms in total. The summed E-state index contributed by atoms with van der Waals surface area (Å²) in [5.41, 5.74) is 10.9. The van der Waals surface area contributed by atoms with Crippen molar-refractivity contribution in [1.82, 2.24) is 0 Å². The van der Waals surface area contributed by atoms with Gasteiger partial charge in [0.05, 0.1) is 6.10 Å². The molecule has 0 saturated heterocycles. The van der Waals surface area contributed by atoms with Gasteiger partial charge in [-0.05, 0) is 144 Å². The Morgan fingerprint density at radius 1 is 0.690 bits per heavy atom. The highest BCUT2D eigenvalue weighted by Gasteiger charge is 2.56. The van der Waals surface area contributed by atoms with E-state index in [1.165, 1.54) is 6.07 Å². The summed E-state index contributed by atoms with van der Waals surface area (Å²) in [5.74, 6) is -1.34. The number of benzene rings is 5. The summed E-state index contributed by atoms with van der Waals surface area (Å²) in [6, 6.07) is 30.8. The van der Waals surface area contributed by atoms with Gasteiger partial charge in [0, 0.05) is 17.9 Å². The maximum Gasteiger partial charge on any atom is 0.200 e. The van der Waals surface area contributed by atoms with E-state index in [0.717, 1.165) is 40.7 Å². The van der Waals surface area contributed by atoms with Crippen molar-refractivity contribution >= 4 is 5.78 Å². The van der Waals surface area contributed by atoms with Crippen LogP contribution in [0, 0.1) is 29.6 Å². The van der Waals surface area contributed by atoms with Crippen LogP contribution in [0.15, 0.2) is 103 Å². The van der Waals surface area contributed by atoms with Gasteiger partial charge in [0.1, 0.15) is 30.6 Å². The third kappa shape index (κ3) is 7.91. The van der Waals surface area contributed by atoms with E-state index in [0.29, 0.717) is 31.2 Å². The molecule has 10 heteroatoms. The van der Waals surface area contributed by atoms with Crippen LogP contribution in [-0.4, -0.2) is 49.3 Å². The van der Waals surface area contributed by atoms with Crippen LogP contribution in [0.4, 0.5) is 0 Å². The van der Waals surface area contributed by atoms with Gasteiger partial charge >= 0.3 is 0 Å². The van der Waals surface area contributed by atoms with Gasteiger partial charge in [0.15, 0.2) is 23.0 Å². The van der Waals surface area contributed by atoms with E-state index in [1.54, 1.807) is 48.5 Å². The number of ether oxygens (including phenoxy) is 2. The van der Waals surface area contributed by atoms with Crippen LogP contribution in [0.25, 0.3) is 0 Å². The molecule has 4 aliphatic rings. The highest BCUT2D eigenvalue weighted by atomic mass is 16.5. The molecule has 9 rings (SSSR count). The smallest absolute Gasteiger partial charge is 0.200 e. The van der Waals surface area contributed by atoms with Gasteiger partial charge in [0.25, 0.3) is 0 Å². The number of ketones is 1. The topological polar surface area (TPSA) is 183 Å². The molecule has 5 aromatic rings. The van der Waals surface area contributed by atoms with Crippen LogP contribution in [0.5, 0.6) is 40.2 Å². The van der Waals surface area contributed by atoms with E-state index in [1.807, 2.05) is 36.4 Å². The highest BCUT2D eigenvalue weighted by Crippen LogP contribution is 2.64.